The summed E-state index contributed by atoms with van der Waals surface area (Å²) in [4.78, 5) is 16.3. The van der Waals surface area contributed by atoms with Gasteiger partial charge in [-0.3, -0.25) is 4.90 Å². The zero-order chi connectivity index (χ0) is 13.8. The Morgan fingerprint density at radius 3 is 2.55 bits per heavy atom. The number of hydrogen-bond donors (Lipinski definition) is 1. The highest BCUT2D eigenvalue weighted by Crippen LogP contribution is 2.17. The van der Waals surface area contributed by atoms with Crippen molar-refractivity contribution in [2.24, 2.45) is 0 Å². The van der Waals surface area contributed by atoms with Crippen LogP contribution in [-0.4, -0.2) is 52.6 Å². The van der Waals surface area contributed by atoms with Crippen LogP contribution in [0.1, 0.15) is 0 Å². The average Bonchev–Trinajstić information content (AvgIpc) is 3.03. The van der Waals surface area contributed by atoms with Crippen LogP contribution in [0.5, 0.6) is 0 Å². The summed E-state index contributed by atoms with van der Waals surface area (Å²) in [7, 11) is 0. The van der Waals surface area contributed by atoms with E-state index < -0.39 is 0 Å². The highest BCUT2D eigenvalue weighted by Gasteiger charge is 2.18. The van der Waals surface area contributed by atoms with E-state index in [0.29, 0.717) is 6.54 Å². The molecular formula is C14H16N6. The molecule has 2 aromatic heterocycles. The molecule has 102 valence electrons. The predicted octanol–water partition coefficient (Wildman–Crippen LogP) is 1.12. The molecule has 20 heavy (non-hydrogen) atoms. The summed E-state index contributed by atoms with van der Waals surface area (Å²) in [5.74, 6) is 0.761. The molecule has 0 saturated carbocycles. The smallest absolute Gasteiger partial charge is 0.225 e. The Balaban J connectivity index is 1.66. The zero-order valence-electron chi connectivity index (χ0n) is 11.2. The molecule has 6 heteroatoms. The molecule has 0 bridgehead atoms. The summed E-state index contributed by atoms with van der Waals surface area (Å²) in [6, 6.07) is 6.14. The maximum atomic E-state index is 8.69. The van der Waals surface area contributed by atoms with Gasteiger partial charge in [-0.15, -0.1) is 0 Å². The third-order valence-electron chi connectivity index (χ3n) is 3.50. The van der Waals surface area contributed by atoms with Crippen LogP contribution in [0.4, 0.5) is 5.95 Å². The molecule has 3 heterocycles. The van der Waals surface area contributed by atoms with E-state index in [1.165, 1.54) is 0 Å². The lowest BCUT2D eigenvalue weighted by molar-refractivity contribution is 0.285. The highest BCUT2D eigenvalue weighted by atomic mass is 15.3. The van der Waals surface area contributed by atoms with E-state index in [9.17, 15) is 0 Å². The molecule has 3 rings (SSSR count). The van der Waals surface area contributed by atoms with Crippen LogP contribution in [-0.2, 0) is 0 Å². The van der Waals surface area contributed by atoms with Gasteiger partial charge in [-0.25, -0.2) is 9.97 Å². The van der Waals surface area contributed by atoms with Crippen molar-refractivity contribution in [3.05, 3.63) is 30.7 Å². The van der Waals surface area contributed by atoms with Crippen LogP contribution in [0, 0.1) is 11.3 Å². The van der Waals surface area contributed by atoms with Crippen molar-refractivity contribution in [3.63, 3.8) is 0 Å². The number of rotatable bonds is 3. The van der Waals surface area contributed by atoms with E-state index in [1.54, 1.807) is 0 Å². The van der Waals surface area contributed by atoms with Crippen molar-refractivity contribution in [1.29, 1.82) is 5.26 Å². The molecule has 0 amide bonds. The van der Waals surface area contributed by atoms with Gasteiger partial charge in [-0.05, 0) is 12.1 Å². The molecule has 0 radical (unpaired) electrons. The van der Waals surface area contributed by atoms with E-state index in [1.807, 2.05) is 30.7 Å². The number of H-pyrrole nitrogens is 1. The highest BCUT2D eigenvalue weighted by molar-refractivity contribution is 5.57. The summed E-state index contributed by atoms with van der Waals surface area (Å²) in [6.07, 6.45) is 5.57. The summed E-state index contributed by atoms with van der Waals surface area (Å²) in [6.45, 7) is 4.00. The minimum absolute atomic E-state index is 0.500. The Morgan fingerprint density at radius 1 is 1.20 bits per heavy atom. The standard InChI is InChI=1S/C14H16N6/c15-3-5-19-6-8-20(9-7-19)14-17-10-12(11-18-14)13-2-1-4-16-13/h1-2,4,10-11,16H,5-9H2. The van der Waals surface area contributed by atoms with Crippen LogP contribution in [0.25, 0.3) is 11.3 Å². The van der Waals surface area contributed by atoms with E-state index in [-0.39, 0.29) is 0 Å². The number of hydrogen-bond acceptors (Lipinski definition) is 5. The van der Waals surface area contributed by atoms with E-state index in [4.69, 9.17) is 5.26 Å². The molecule has 0 spiro atoms. The van der Waals surface area contributed by atoms with Crippen molar-refractivity contribution in [2.45, 2.75) is 0 Å². The van der Waals surface area contributed by atoms with Gasteiger partial charge in [-0.1, -0.05) is 0 Å². The fourth-order valence-corrected chi connectivity index (χ4v) is 2.34. The van der Waals surface area contributed by atoms with Crippen LogP contribution < -0.4 is 4.90 Å². The van der Waals surface area contributed by atoms with Crippen molar-refractivity contribution < 1.29 is 0 Å². The van der Waals surface area contributed by atoms with Crippen LogP contribution in [0.15, 0.2) is 30.7 Å². The number of aromatic amines is 1. The zero-order valence-corrected chi connectivity index (χ0v) is 11.2. The normalized spacial score (nSPS) is 16.1. The van der Waals surface area contributed by atoms with Crippen LogP contribution in [0.2, 0.25) is 0 Å². The maximum Gasteiger partial charge on any atom is 0.225 e. The fraction of sp³-hybridized carbons (Fsp3) is 0.357. The molecular weight excluding hydrogens is 252 g/mol. The number of aromatic nitrogens is 3. The molecule has 0 unspecified atom stereocenters. The lowest BCUT2D eigenvalue weighted by Crippen LogP contribution is -2.47. The molecule has 1 fully saturated rings. The van der Waals surface area contributed by atoms with Crippen molar-refractivity contribution >= 4 is 5.95 Å². The second kappa shape index (κ2) is 5.72. The van der Waals surface area contributed by atoms with Crippen molar-refractivity contribution in [1.82, 2.24) is 19.9 Å². The fourth-order valence-electron chi connectivity index (χ4n) is 2.34. The van der Waals surface area contributed by atoms with Gasteiger partial charge in [-0.2, -0.15) is 5.26 Å². The minimum Gasteiger partial charge on any atom is -0.361 e. The molecule has 0 aromatic carbocycles. The van der Waals surface area contributed by atoms with Gasteiger partial charge in [0.05, 0.1) is 12.6 Å². The van der Waals surface area contributed by atoms with Crippen LogP contribution >= 0.6 is 0 Å². The number of nitrogens with one attached hydrogen (secondary N) is 1. The van der Waals surface area contributed by atoms with Gasteiger partial charge < -0.3 is 9.88 Å². The summed E-state index contributed by atoms with van der Waals surface area (Å²) < 4.78 is 0. The molecule has 0 atom stereocenters. The van der Waals surface area contributed by atoms with Crippen molar-refractivity contribution in [3.8, 4) is 17.3 Å². The molecule has 1 saturated heterocycles. The second-order valence-electron chi connectivity index (χ2n) is 4.78. The molecule has 1 N–H and O–H groups in total. The third-order valence-corrected chi connectivity index (χ3v) is 3.50. The van der Waals surface area contributed by atoms with Gasteiger partial charge in [0.15, 0.2) is 0 Å². The molecule has 1 aliphatic heterocycles. The molecule has 2 aromatic rings. The summed E-state index contributed by atoms with van der Waals surface area (Å²) >= 11 is 0. The van der Waals surface area contributed by atoms with Crippen molar-refractivity contribution in [2.75, 3.05) is 37.6 Å². The minimum atomic E-state index is 0.500. The predicted molar refractivity (Wildman–Crippen MR) is 76.1 cm³/mol. The molecule has 6 nitrogen and oxygen atoms in total. The quantitative estimate of drug-likeness (QED) is 0.844. The number of piperazine rings is 1. The number of nitriles is 1. The Morgan fingerprint density at radius 2 is 1.95 bits per heavy atom. The maximum absolute atomic E-state index is 8.69. The molecule has 1 aliphatic rings. The van der Waals surface area contributed by atoms with Gasteiger partial charge in [0.1, 0.15) is 0 Å². The first-order valence-corrected chi connectivity index (χ1v) is 6.67. The monoisotopic (exact) mass is 268 g/mol. The first-order valence-electron chi connectivity index (χ1n) is 6.67. The topological polar surface area (TPSA) is 71.8 Å². The van der Waals surface area contributed by atoms with E-state index >= 15 is 0 Å². The van der Waals surface area contributed by atoms with Crippen LogP contribution in [0.3, 0.4) is 0 Å². The first-order chi connectivity index (χ1) is 9.86. The average molecular weight is 268 g/mol. The Bertz CT molecular complexity index is 575. The van der Waals surface area contributed by atoms with Gasteiger partial charge >= 0.3 is 0 Å². The number of nitrogens with zero attached hydrogens (tertiary/aromatic N) is 5. The Kier molecular flexibility index (Phi) is 3.61. The summed E-state index contributed by atoms with van der Waals surface area (Å²) in [5, 5.41) is 8.69. The van der Waals surface area contributed by atoms with E-state index in [2.05, 4.69) is 30.8 Å². The van der Waals surface area contributed by atoms with Gasteiger partial charge in [0.2, 0.25) is 5.95 Å². The number of anilines is 1. The van der Waals surface area contributed by atoms with Gasteiger partial charge in [0, 0.05) is 56.0 Å². The Labute approximate surface area is 117 Å². The third kappa shape index (κ3) is 2.63. The molecule has 0 aliphatic carbocycles. The lowest BCUT2D eigenvalue weighted by Gasteiger charge is -2.33. The first kappa shape index (κ1) is 12.6. The largest absolute Gasteiger partial charge is 0.361 e. The lowest BCUT2D eigenvalue weighted by atomic mass is 10.2. The SMILES string of the molecule is N#CCN1CCN(c2ncc(-c3ccc[nH]3)cn2)CC1. The van der Waals surface area contributed by atoms with Gasteiger partial charge in [0.25, 0.3) is 0 Å². The summed E-state index contributed by atoms with van der Waals surface area (Å²) in [5.41, 5.74) is 2.01. The second-order valence-corrected chi connectivity index (χ2v) is 4.78. The Hall–Kier alpha value is -2.39. The van der Waals surface area contributed by atoms with E-state index in [0.717, 1.165) is 43.4 Å².